The van der Waals surface area contributed by atoms with Crippen molar-refractivity contribution in [3.8, 4) is 0 Å². The molecule has 0 aliphatic carbocycles. The van der Waals surface area contributed by atoms with E-state index in [9.17, 15) is 4.79 Å². The SMILES string of the molecule is CCNC(=O)c1cncc(N)c1. The second kappa shape index (κ2) is 3.71. The Bertz CT molecular complexity index is 285. The Balaban J connectivity index is 2.81. The molecule has 0 aliphatic rings. The van der Waals surface area contributed by atoms with Gasteiger partial charge in [0.15, 0.2) is 0 Å². The molecule has 1 rings (SSSR count). The van der Waals surface area contributed by atoms with E-state index in [0.29, 0.717) is 17.8 Å². The number of rotatable bonds is 2. The van der Waals surface area contributed by atoms with Crippen molar-refractivity contribution in [1.29, 1.82) is 0 Å². The smallest absolute Gasteiger partial charge is 0.252 e. The second-order valence-electron chi connectivity index (χ2n) is 2.37. The third-order valence-electron chi connectivity index (χ3n) is 1.36. The van der Waals surface area contributed by atoms with Crippen molar-refractivity contribution in [3.63, 3.8) is 0 Å². The fourth-order valence-corrected chi connectivity index (χ4v) is 0.845. The lowest BCUT2D eigenvalue weighted by Crippen LogP contribution is -2.22. The van der Waals surface area contributed by atoms with Crippen LogP contribution in [0.1, 0.15) is 17.3 Å². The predicted octanol–water partition coefficient (Wildman–Crippen LogP) is 0.413. The Morgan fingerprint density at radius 3 is 3.00 bits per heavy atom. The lowest BCUT2D eigenvalue weighted by molar-refractivity contribution is 0.0955. The summed E-state index contributed by atoms with van der Waals surface area (Å²) in [5.74, 6) is -0.141. The Kier molecular flexibility index (Phi) is 2.63. The normalized spacial score (nSPS) is 9.42. The fourth-order valence-electron chi connectivity index (χ4n) is 0.845. The maximum absolute atomic E-state index is 11.2. The summed E-state index contributed by atoms with van der Waals surface area (Å²) in [6, 6.07) is 1.60. The van der Waals surface area contributed by atoms with Crippen molar-refractivity contribution >= 4 is 11.6 Å². The van der Waals surface area contributed by atoms with Crippen molar-refractivity contribution in [2.45, 2.75) is 6.92 Å². The van der Waals surface area contributed by atoms with Crippen molar-refractivity contribution in [3.05, 3.63) is 24.0 Å². The second-order valence-corrected chi connectivity index (χ2v) is 2.37. The molecule has 0 aromatic carbocycles. The number of nitrogens with one attached hydrogen (secondary N) is 1. The molecular weight excluding hydrogens is 154 g/mol. The van der Waals surface area contributed by atoms with Gasteiger partial charge in [-0.05, 0) is 13.0 Å². The van der Waals surface area contributed by atoms with Crippen LogP contribution in [0.5, 0.6) is 0 Å². The highest BCUT2D eigenvalue weighted by atomic mass is 16.1. The van der Waals surface area contributed by atoms with Crippen LogP contribution in [0.3, 0.4) is 0 Å². The summed E-state index contributed by atoms with van der Waals surface area (Å²) >= 11 is 0. The molecule has 4 heteroatoms. The molecule has 3 N–H and O–H groups in total. The zero-order valence-corrected chi connectivity index (χ0v) is 6.87. The highest BCUT2D eigenvalue weighted by Crippen LogP contribution is 2.02. The zero-order valence-electron chi connectivity index (χ0n) is 6.87. The van der Waals surface area contributed by atoms with Crippen molar-refractivity contribution < 1.29 is 4.79 Å². The minimum atomic E-state index is -0.141. The summed E-state index contributed by atoms with van der Waals surface area (Å²) in [6.07, 6.45) is 2.99. The van der Waals surface area contributed by atoms with Gasteiger partial charge in [-0.3, -0.25) is 9.78 Å². The first-order valence-corrected chi connectivity index (χ1v) is 3.72. The Labute approximate surface area is 70.8 Å². The van der Waals surface area contributed by atoms with Crippen LogP contribution in [-0.4, -0.2) is 17.4 Å². The standard InChI is InChI=1S/C8H11N3O/c1-2-11-8(12)6-3-7(9)5-10-4-6/h3-5H,2,9H2,1H3,(H,11,12). The number of carbonyl (C=O) groups is 1. The van der Waals surface area contributed by atoms with E-state index in [0.717, 1.165) is 0 Å². The van der Waals surface area contributed by atoms with Crippen LogP contribution in [0.4, 0.5) is 5.69 Å². The van der Waals surface area contributed by atoms with E-state index in [1.165, 1.54) is 12.4 Å². The molecule has 0 radical (unpaired) electrons. The number of hydrogen-bond acceptors (Lipinski definition) is 3. The summed E-state index contributed by atoms with van der Waals surface area (Å²) in [4.78, 5) is 15.0. The van der Waals surface area contributed by atoms with Crippen LogP contribution >= 0.6 is 0 Å². The molecule has 0 atom stereocenters. The first-order chi connectivity index (χ1) is 5.74. The van der Waals surface area contributed by atoms with E-state index in [-0.39, 0.29) is 5.91 Å². The van der Waals surface area contributed by atoms with Gasteiger partial charge in [0, 0.05) is 18.9 Å². The number of anilines is 1. The van der Waals surface area contributed by atoms with E-state index in [2.05, 4.69) is 10.3 Å². The van der Waals surface area contributed by atoms with Gasteiger partial charge in [0.1, 0.15) is 0 Å². The molecule has 0 spiro atoms. The van der Waals surface area contributed by atoms with Gasteiger partial charge in [0.25, 0.3) is 5.91 Å². The molecule has 4 nitrogen and oxygen atoms in total. The van der Waals surface area contributed by atoms with Crippen LogP contribution in [0.15, 0.2) is 18.5 Å². The maximum atomic E-state index is 11.2. The van der Waals surface area contributed by atoms with Gasteiger partial charge in [-0.1, -0.05) is 0 Å². The lowest BCUT2D eigenvalue weighted by Gasteiger charge is -2.01. The molecule has 1 heterocycles. The van der Waals surface area contributed by atoms with Crippen molar-refractivity contribution in [2.24, 2.45) is 0 Å². The summed E-state index contributed by atoms with van der Waals surface area (Å²) in [5, 5.41) is 2.65. The number of nitrogens with two attached hydrogens (primary N) is 1. The zero-order chi connectivity index (χ0) is 8.97. The monoisotopic (exact) mass is 165 g/mol. The van der Waals surface area contributed by atoms with Gasteiger partial charge in [-0.15, -0.1) is 0 Å². The number of carbonyl (C=O) groups excluding carboxylic acids is 1. The first-order valence-electron chi connectivity index (χ1n) is 3.72. The average Bonchev–Trinajstić information content (AvgIpc) is 2.05. The Hall–Kier alpha value is -1.58. The maximum Gasteiger partial charge on any atom is 0.252 e. The fraction of sp³-hybridized carbons (Fsp3) is 0.250. The number of nitrogen functional groups attached to an aromatic ring is 1. The number of pyridine rings is 1. The minimum absolute atomic E-state index is 0.141. The van der Waals surface area contributed by atoms with E-state index in [4.69, 9.17) is 5.73 Å². The molecule has 1 aromatic heterocycles. The highest BCUT2D eigenvalue weighted by molar-refractivity contribution is 5.94. The number of hydrogen-bond donors (Lipinski definition) is 2. The lowest BCUT2D eigenvalue weighted by atomic mass is 10.2. The third-order valence-corrected chi connectivity index (χ3v) is 1.36. The van der Waals surface area contributed by atoms with Crippen LogP contribution in [0.25, 0.3) is 0 Å². The van der Waals surface area contributed by atoms with Gasteiger partial charge in [0.2, 0.25) is 0 Å². The molecule has 0 aliphatic heterocycles. The van der Waals surface area contributed by atoms with Gasteiger partial charge < -0.3 is 11.1 Å². The van der Waals surface area contributed by atoms with Crippen molar-refractivity contribution in [2.75, 3.05) is 12.3 Å². The van der Waals surface area contributed by atoms with Gasteiger partial charge in [0.05, 0.1) is 11.3 Å². The van der Waals surface area contributed by atoms with Gasteiger partial charge in [-0.25, -0.2) is 0 Å². The Morgan fingerprint density at radius 2 is 2.42 bits per heavy atom. The van der Waals surface area contributed by atoms with Crippen LogP contribution < -0.4 is 11.1 Å². The third kappa shape index (κ3) is 1.95. The molecule has 0 saturated heterocycles. The van der Waals surface area contributed by atoms with Gasteiger partial charge in [-0.2, -0.15) is 0 Å². The molecule has 0 unspecified atom stereocenters. The predicted molar refractivity (Wildman–Crippen MR) is 46.7 cm³/mol. The number of aromatic nitrogens is 1. The Morgan fingerprint density at radius 1 is 1.67 bits per heavy atom. The molecule has 1 amide bonds. The highest BCUT2D eigenvalue weighted by Gasteiger charge is 2.03. The molecule has 0 saturated carbocycles. The van der Waals surface area contributed by atoms with Gasteiger partial charge >= 0.3 is 0 Å². The van der Waals surface area contributed by atoms with E-state index in [1.54, 1.807) is 6.07 Å². The topological polar surface area (TPSA) is 68.0 Å². The van der Waals surface area contributed by atoms with Crippen molar-refractivity contribution in [1.82, 2.24) is 10.3 Å². The molecule has 0 bridgehead atoms. The summed E-state index contributed by atoms with van der Waals surface area (Å²) in [5.41, 5.74) is 6.45. The summed E-state index contributed by atoms with van der Waals surface area (Å²) in [6.45, 7) is 2.46. The average molecular weight is 165 g/mol. The molecule has 1 aromatic rings. The van der Waals surface area contributed by atoms with E-state index in [1.807, 2.05) is 6.92 Å². The molecule has 64 valence electrons. The van der Waals surface area contributed by atoms with Crippen LogP contribution in [0.2, 0.25) is 0 Å². The summed E-state index contributed by atoms with van der Waals surface area (Å²) < 4.78 is 0. The number of amides is 1. The first kappa shape index (κ1) is 8.52. The van der Waals surface area contributed by atoms with E-state index >= 15 is 0 Å². The van der Waals surface area contributed by atoms with Crippen LogP contribution in [-0.2, 0) is 0 Å². The minimum Gasteiger partial charge on any atom is -0.397 e. The molecule has 12 heavy (non-hydrogen) atoms. The number of nitrogens with zero attached hydrogens (tertiary/aromatic N) is 1. The largest absolute Gasteiger partial charge is 0.397 e. The van der Waals surface area contributed by atoms with E-state index < -0.39 is 0 Å². The molecular formula is C8H11N3O. The molecule has 0 fully saturated rings. The summed E-state index contributed by atoms with van der Waals surface area (Å²) in [7, 11) is 0. The van der Waals surface area contributed by atoms with Crippen LogP contribution in [0, 0.1) is 0 Å². The quantitative estimate of drug-likeness (QED) is 0.667.